The molecule has 3 heterocycles. The van der Waals surface area contributed by atoms with E-state index in [1.54, 1.807) is 18.3 Å². The van der Waals surface area contributed by atoms with Crippen LogP contribution in [0.15, 0.2) is 35.1 Å². The molecule has 2 aliphatic rings. The molecule has 2 amide bonds. The van der Waals surface area contributed by atoms with E-state index in [-0.39, 0.29) is 30.9 Å². The third-order valence-electron chi connectivity index (χ3n) is 5.14. The first-order chi connectivity index (χ1) is 13.9. The molecule has 0 bridgehead atoms. The highest BCUT2D eigenvalue weighted by Crippen LogP contribution is 2.32. The summed E-state index contributed by atoms with van der Waals surface area (Å²) >= 11 is 3.40. The summed E-state index contributed by atoms with van der Waals surface area (Å²) in [7, 11) is 0. The Bertz CT molecular complexity index is 936. The summed E-state index contributed by atoms with van der Waals surface area (Å²) < 4.78 is 22.9. The zero-order chi connectivity index (χ0) is 20.5. The molecule has 8 nitrogen and oxygen atoms in total. The molecule has 4 rings (SSSR count). The van der Waals surface area contributed by atoms with Crippen LogP contribution in [0.4, 0.5) is 20.6 Å². The Kier molecular flexibility index (Phi) is 5.44. The number of halogens is 2. The molecular formula is C19H21BrFN5O3. The Morgan fingerprint density at radius 3 is 2.93 bits per heavy atom. The van der Waals surface area contributed by atoms with Crippen LogP contribution in [0.5, 0.6) is 0 Å². The number of carbonyl (C=O) groups excluding carboxylic acids is 2. The van der Waals surface area contributed by atoms with Gasteiger partial charge in [0.25, 0.3) is 0 Å². The molecular weight excluding hydrogens is 445 g/mol. The van der Waals surface area contributed by atoms with E-state index in [0.717, 1.165) is 17.4 Å². The van der Waals surface area contributed by atoms with Gasteiger partial charge in [-0.3, -0.25) is 14.4 Å². The highest BCUT2D eigenvalue weighted by Gasteiger charge is 2.33. The molecule has 0 aliphatic carbocycles. The number of benzene rings is 1. The van der Waals surface area contributed by atoms with Crippen molar-refractivity contribution in [1.82, 2.24) is 15.1 Å². The van der Waals surface area contributed by atoms with E-state index in [9.17, 15) is 14.0 Å². The quantitative estimate of drug-likeness (QED) is 0.734. The standard InChI is InChI=1S/C19H21BrFN5O3/c1-12(27)22-8-16-11-25(19(28)29-16)14-2-3-18(17(21)6-14)24-5-4-15(10-24)26-9-13(20)7-23-26/h2-3,6-7,9,15-16H,4-5,8,10-11H2,1H3,(H,22,27)/t15-,16-/m0/s1. The Morgan fingerprint density at radius 2 is 2.24 bits per heavy atom. The predicted molar refractivity (Wildman–Crippen MR) is 108 cm³/mol. The molecule has 1 N–H and O–H groups in total. The van der Waals surface area contributed by atoms with Gasteiger partial charge in [-0.25, -0.2) is 9.18 Å². The zero-order valence-corrected chi connectivity index (χ0v) is 17.4. The van der Waals surface area contributed by atoms with E-state index in [4.69, 9.17) is 4.74 Å². The summed E-state index contributed by atoms with van der Waals surface area (Å²) in [5.41, 5.74) is 0.943. The minimum Gasteiger partial charge on any atom is -0.442 e. The van der Waals surface area contributed by atoms with Crippen molar-refractivity contribution in [3.8, 4) is 0 Å². The minimum absolute atomic E-state index is 0.184. The molecule has 29 heavy (non-hydrogen) atoms. The maximum Gasteiger partial charge on any atom is 0.414 e. The number of hydrogen-bond donors (Lipinski definition) is 1. The molecule has 0 spiro atoms. The molecule has 1 aromatic heterocycles. The van der Waals surface area contributed by atoms with Crippen molar-refractivity contribution in [1.29, 1.82) is 0 Å². The van der Waals surface area contributed by atoms with Crippen molar-refractivity contribution in [2.75, 3.05) is 36.0 Å². The van der Waals surface area contributed by atoms with E-state index in [2.05, 4.69) is 26.3 Å². The van der Waals surface area contributed by atoms with Crippen LogP contribution in [0.1, 0.15) is 19.4 Å². The van der Waals surface area contributed by atoms with Crippen LogP contribution in [0.2, 0.25) is 0 Å². The van der Waals surface area contributed by atoms with Crippen molar-refractivity contribution >= 4 is 39.3 Å². The van der Waals surface area contributed by atoms with Gasteiger partial charge in [0.1, 0.15) is 11.9 Å². The third-order valence-corrected chi connectivity index (χ3v) is 5.55. The normalized spacial score (nSPS) is 21.6. The van der Waals surface area contributed by atoms with Crippen molar-refractivity contribution in [2.24, 2.45) is 0 Å². The molecule has 0 unspecified atom stereocenters. The number of carbonyl (C=O) groups is 2. The topological polar surface area (TPSA) is 79.7 Å². The summed E-state index contributed by atoms with van der Waals surface area (Å²) in [6.07, 6.45) is 3.54. The second-order valence-corrected chi connectivity index (χ2v) is 8.13. The predicted octanol–water partition coefficient (Wildman–Crippen LogP) is 2.70. The smallest absolute Gasteiger partial charge is 0.414 e. The Balaban J connectivity index is 1.43. The lowest BCUT2D eigenvalue weighted by Crippen LogP contribution is -2.33. The monoisotopic (exact) mass is 465 g/mol. The highest BCUT2D eigenvalue weighted by atomic mass is 79.9. The van der Waals surface area contributed by atoms with Crippen LogP contribution in [-0.4, -0.2) is 54.1 Å². The van der Waals surface area contributed by atoms with E-state index in [0.29, 0.717) is 17.9 Å². The molecule has 10 heteroatoms. The number of rotatable bonds is 5. The van der Waals surface area contributed by atoms with Gasteiger partial charge in [-0.15, -0.1) is 0 Å². The maximum absolute atomic E-state index is 14.9. The highest BCUT2D eigenvalue weighted by molar-refractivity contribution is 9.10. The van der Waals surface area contributed by atoms with E-state index in [1.165, 1.54) is 17.9 Å². The first kappa shape index (κ1) is 19.7. The van der Waals surface area contributed by atoms with Gasteiger partial charge in [0, 0.05) is 26.2 Å². The van der Waals surface area contributed by atoms with E-state index in [1.807, 2.05) is 15.8 Å². The fourth-order valence-electron chi connectivity index (χ4n) is 3.71. The van der Waals surface area contributed by atoms with Crippen LogP contribution in [0.3, 0.4) is 0 Å². The third kappa shape index (κ3) is 4.21. The molecule has 2 atom stereocenters. The molecule has 2 fully saturated rings. The Hall–Kier alpha value is -2.62. The average molecular weight is 466 g/mol. The van der Waals surface area contributed by atoms with Gasteiger partial charge in [0.2, 0.25) is 5.91 Å². The Morgan fingerprint density at radius 1 is 1.41 bits per heavy atom. The summed E-state index contributed by atoms with van der Waals surface area (Å²) in [5, 5.41) is 6.94. The van der Waals surface area contributed by atoms with Crippen molar-refractivity contribution < 1.29 is 18.7 Å². The molecule has 2 aliphatic heterocycles. The van der Waals surface area contributed by atoms with Gasteiger partial charge in [-0.1, -0.05) is 0 Å². The van der Waals surface area contributed by atoms with Crippen LogP contribution in [0, 0.1) is 5.82 Å². The second-order valence-electron chi connectivity index (χ2n) is 7.22. The summed E-state index contributed by atoms with van der Waals surface area (Å²) in [6, 6.07) is 4.96. The lowest BCUT2D eigenvalue weighted by molar-refractivity contribution is -0.119. The molecule has 0 saturated carbocycles. The molecule has 1 aromatic carbocycles. The first-order valence-electron chi connectivity index (χ1n) is 9.37. The first-order valence-corrected chi connectivity index (χ1v) is 10.2. The molecule has 154 valence electrons. The van der Waals surface area contributed by atoms with Gasteiger partial charge in [-0.05, 0) is 40.5 Å². The minimum atomic E-state index is -0.544. The second kappa shape index (κ2) is 8.02. The van der Waals surface area contributed by atoms with Crippen LogP contribution in [-0.2, 0) is 9.53 Å². The van der Waals surface area contributed by atoms with Gasteiger partial charge in [0.15, 0.2) is 0 Å². The summed E-state index contributed by atoms with van der Waals surface area (Å²) in [4.78, 5) is 26.5. The number of nitrogens with zero attached hydrogens (tertiary/aromatic N) is 4. The number of anilines is 2. The summed E-state index contributed by atoms with van der Waals surface area (Å²) in [6.45, 7) is 3.28. The molecule has 2 saturated heterocycles. The average Bonchev–Trinajstić information content (AvgIpc) is 3.39. The van der Waals surface area contributed by atoms with Crippen molar-refractivity contribution in [2.45, 2.75) is 25.5 Å². The maximum atomic E-state index is 14.9. The van der Waals surface area contributed by atoms with Gasteiger partial charge >= 0.3 is 6.09 Å². The zero-order valence-electron chi connectivity index (χ0n) is 15.8. The van der Waals surface area contributed by atoms with Crippen molar-refractivity contribution in [3.63, 3.8) is 0 Å². The number of ether oxygens (including phenoxy) is 1. The fraction of sp³-hybridized carbons (Fsp3) is 0.421. The number of nitrogens with one attached hydrogen (secondary N) is 1. The van der Waals surface area contributed by atoms with Crippen LogP contribution in [0.25, 0.3) is 0 Å². The number of cyclic esters (lactones) is 1. The van der Waals surface area contributed by atoms with E-state index < -0.39 is 12.2 Å². The summed E-state index contributed by atoms with van der Waals surface area (Å²) in [5.74, 6) is -0.579. The van der Waals surface area contributed by atoms with Gasteiger partial charge < -0.3 is 15.0 Å². The SMILES string of the molecule is CC(=O)NC[C@H]1CN(c2ccc(N3CC[C@H](n4cc(Br)cn4)C3)c(F)c2)C(=O)O1. The largest absolute Gasteiger partial charge is 0.442 e. The van der Waals surface area contributed by atoms with Gasteiger partial charge in [0.05, 0.1) is 41.2 Å². The van der Waals surface area contributed by atoms with E-state index >= 15 is 0 Å². The van der Waals surface area contributed by atoms with Crippen LogP contribution < -0.4 is 15.1 Å². The lowest BCUT2D eigenvalue weighted by atomic mass is 10.2. The van der Waals surface area contributed by atoms with Crippen molar-refractivity contribution in [3.05, 3.63) is 40.9 Å². The fourth-order valence-corrected chi connectivity index (χ4v) is 4.01. The lowest BCUT2D eigenvalue weighted by Gasteiger charge is -2.21. The van der Waals surface area contributed by atoms with Crippen LogP contribution >= 0.6 is 15.9 Å². The molecule has 2 aromatic rings. The number of amides is 2. The number of aromatic nitrogens is 2. The Labute approximate surface area is 175 Å². The van der Waals surface area contributed by atoms with Gasteiger partial charge in [-0.2, -0.15) is 5.10 Å². The number of hydrogen-bond acceptors (Lipinski definition) is 5. The molecule has 0 radical (unpaired) electrons.